The minimum Gasteiger partial charge on any atom is -0.376 e. The van der Waals surface area contributed by atoms with E-state index in [1.54, 1.807) is 12.3 Å². The predicted octanol–water partition coefficient (Wildman–Crippen LogP) is 4.16. The van der Waals surface area contributed by atoms with E-state index in [0.29, 0.717) is 36.1 Å². The van der Waals surface area contributed by atoms with Crippen molar-refractivity contribution >= 4 is 29.1 Å². The average molecular weight is 396 g/mol. The topological polar surface area (TPSA) is 47.4 Å². The molecule has 1 aliphatic heterocycles. The lowest BCUT2D eigenvalue weighted by atomic mass is 10.2. The number of imidazole rings is 1. The summed E-state index contributed by atoms with van der Waals surface area (Å²) in [6.07, 6.45) is 6.31. The van der Waals surface area contributed by atoms with E-state index in [-0.39, 0.29) is 12.0 Å². The predicted molar refractivity (Wildman–Crippen MR) is 102 cm³/mol. The van der Waals surface area contributed by atoms with Crippen molar-refractivity contribution in [1.29, 1.82) is 0 Å². The smallest absolute Gasteiger partial charge is 0.222 e. The maximum Gasteiger partial charge on any atom is 0.222 e. The molecule has 2 heterocycles. The Morgan fingerprint density at radius 1 is 1.42 bits per heavy atom. The number of carbonyl (C=O) groups excluding carboxylic acids is 1. The van der Waals surface area contributed by atoms with Gasteiger partial charge in [-0.15, -0.1) is 0 Å². The van der Waals surface area contributed by atoms with Gasteiger partial charge in [0.2, 0.25) is 5.91 Å². The van der Waals surface area contributed by atoms with Crippen molar-refractivity contribution in [2.24, 2.45) is 0 Å². The Morgan fingerprint density at radius 3 is 2.96 bits per heavy atom. The van der Waals surface area contributed by atoms with Crippen LogP contribution in [0.1, 0.15) is 37.6 Å². The molecule has 2 aromatic rings. The van der Waals surface area contributed by atoms with Crippen molar-refractivity contribution < 1.29 is 9.53 Å². The SMILES string of the molecule is CCC(=O)N(Cc1nccn1Cc1ccc(Cl)cc1Cl)C[C@@H]1CCCO1. The number of ether oxygens (including phenoxy) is 1. The molecular weight excluding hydrogens is 373 g/mol. The molecule has 1 fully saturated rings. The summed E-state index contributed by atoms with van der Waals surface area (Å²) in [5.74, 6) is 0.940. The first-order valence-electron chi connectivity index (χ1n) is 8.90. The Bertz CT molecular complexity index is 757. The summed E-state index contributed by atoms with van der Waals surface area (Å²) in [4.78, 5) is 18.7. The summed E-state index contributed by atoms with van der Waals surface area (Å²) < 4.78 is 7.71. The highest BCUT2D eigenvalue weighted by atomic mass is 35.5. The molecule has 1 aromatic carbocycles. The molecule has 5 nitrogen and oxygen atoms in total. The summed E-state index contributed by atoms with van der Waals surface area (Å²) in [6.45, 7) is 4.32. The zero-order valence-corrected chi connectivity index (χ0v) is 16.3. The van der Waals surface area contributed by atoms with Crippen LogP contribution in [0.25, 0.3) is 0 Å². The molecule has 3 rings (SSSR count). The maximum atomic E-state index is 12.4. The number of rotatable bonds is 7. The molecule has 0 spiro atoms. The van der Waals surface area contributed by atoms with Crippen molar-refractivity contribution in [3.8, 4) is 0 Å². The van der Waals surface area contributed by atoms with Gasteiger partial charge in [0.1, 0.15) is 5.82 Å². The van der Waals surface area contributed by atoms with E-state index in [9.17, 15) is 4.79 Å². The number of nitrogens with zero attached hydrogens (tertiary/aromatic N) is 3. The van der Waals surface area contributed by atoms with Crippen molar-refractivity contribution in [3.05, 3.63) is 52.0 Å². The van der Waals surface area contributed by atoms with E-state index in [0.717, 1.165) is 30.8 Å². The average Bonchev–Trinajstić information content (AvgIpc) is 3.28. The second-order valence-electron chi connectivity index (χ2n) is 6.47. The normalized spacial score (nSPS) is 16.8. The molecule has 0 bridgehead atoms. The second kappa shape index (κ2) is 8.89. The first-order valence-corrected chi connectivity index (χ1v) is 9.65. The van der Waals surface area contributed by atoms with Crippen LogP contribution in [0.3, 0.4) is 0 Å². The fourth-order valence-electron chi connectivity index (χ4n) is 3.15. The molecule has 140 valence electrons. The minimum absolute atomic E-state index is 0.111. The van der Waals surface area contributed by atoms with Crippen molar-refractivity contribution in [2.45, 2.75) is 45.4 Å². The lowest BCUT2D eigenvalue weighted by Crippen LogP contribution is -2.37. The van der Waals surface area contributed by atoms with E-state index in [2.05, 4.69) is 4.98 Å². The van der Waals surface area contributed by atoms with Crippen LogP contribution in [0.15, 0.2) is 30.6 Å². The van der Waals surface area contributed by atoms with Crippen LogP contribution in [0.2, 0.25) is 10.0 Å². The third kappa shape index (κ3) is 4.78. The fourth-order valence-corrected chi connectivity index (χ4v) is 3.62. The number of hydrogen-bond donors (Lipinski definition) is 0. The quantitative estimate of drug-likeness (QED) is 0.706. The molecule has 1 atom stereocenters. The molecule has 0 N–H and O–H groups in total. The monoisotopic (exact) mass is 395 g/mol. The number of carbonyl (C=O) groups is 1. The van der Waals surface area contributed by atoms with Gasteiger partial charge in [-0.05, 0) is 30.5 Å². The zero-order valence-electron chi connectivity index (χ0n) is 14.8. The first-order chi connectivity index (χ1) is 12.6. The van der Waals surface area contributed by atoms with Crippen molar-refractivity contribution in [3.63, 3.8) is 0 Å². The van der Waals surface area contributed by atoms with Gasteiger partial charge in [-0.2, -0.15) is 0 Å². The van der Waals surface area contributed by atoms with Crippen LogP contribution in [0.4, 0.5) is 0 Å². The van der Waals surface area contributed by atoms with Gasteiger partial charge >= 0.3 is 0 Å². The number of amides is 1. The van der Waals surface area contributed by atoms with Crippen LogP contribution in [-0.4, -0.2) is 39.6 Å². The molecule has 1 aromatic heterocycles. The Morgan fingerprint density at radius 2 is 2.27 bits per heavy atom. The first kappa shape index (κ1) is 19.2. The largest absolute Gasteiger partial charge is 0.376 e. The number of aromatic nitrogens is 2. The number of benzene rings is 1. The highest BCUT2D eigenvalue weighted by molar-refractivity contribution is 6.35. The number of hydrogen-bond acceptors (Lipinski definition) is 3. The van der Waals surface area contributed by atoms with Gasteiger partial charge in [-0.25, -0.2) is 4.98 Å². The Hall–Kier alpha value is -1.56. The van der Waals surface area contributed by atoms with Crippen LogP contribution in [0.5, 0.6) is 0 Å². The molecule has 0 radical (unpaired) electrons. The van der Waals surface area contributed by atoms with Crippen LogP contribution < -0.4 is 0 Å². The van der Waals surface area contributed by atoms with E-state index in [4.69, 9.17) is 27.9 Å². The summed E-state index contributed by atoms with van der Waals surface area (Å²) >= 11 is 12.3. The van der Waals surface area contributed by atoms with Gasteiger partial charge in [0.15, 0.2) is 0 Å². The fraction of sp³-hybridized carbons (Fsp3) is 0.474. The number of halogens is 2. The highest BCUT2D eigenvalue weighted by Crippen LogP contribution is 2.22. The van der Waals surface area contributed by atoms with E-state index in [1.165, 1.54) is 0 Å². The molecule has 1 saturated heterocycles. The summed E-state index contributed by atoms with van der Waals surface area (Å²) in [5, 5.41) is 1.24. The molecule has 1 amide bonds. The molecule has 0 unspecified atom stereocenters. The third-order valence-corrected chi connectivity index (χ3v) is 5.18. The lowest BCUT2D eigenvalue weighted by molar-refractivity contribution is -0.133. The minimum atomic E-state index is 0.111. The Kier molecular flexibility index (Phi) is 6.57. The Balaban J connectivity index is 1.73. The van der Waals surface area contributed by atoms with Crippen LogP contribution in [-0.2, 0) is 22.6 Å². The second-order valence-corrected chi connectivity index (χ2v) is 7.31. The summed E-state index contributed by atoms with van der Waals surface area (Å²) in [6, 6.07) is 5.47. The van der Waals surface area contributed by atoms with Crippen molar-refractivity contribution in [1.82, 2.24) is 14.5 Å². The maximum absolute atomic E-state index is 12.4. The van der Waals surface area contributed by atoms with Gasteiger partial charge in [0.25, 0.3) is 0 Å². The van der Waals surface area contributed by atoms with Gasteiger partial charge in [-0.1, -0.05) is 36.2 Å². The third-order valence-electron chi connectivity index (χ3n) is 4.59. The highest BCUT2D eigenvalue weighted by Gasteiger charge is 2.23. The Labute approximate surface area is 163 Å². The van der Waals surface area contributed by atoms with Gasteiger partial charge in [0, 0.05) is 42.0 Å². The molecule has 7 heteroatoms. The van der Waals surface area contributed by atoms with E-state index in [1.807, 2.05) is 34.7 Å². The standard InChI is InChI=1S/C19H23Cl2N3O2/c1-2-19(25)24(12-16-4-3-9-26-16)13-18-22-7-8-23(18)11-14-5-6-15(20)10-17(14)21/h5-8,10,16H,2-4,9,11-13H2,1H3/t16-/m0/s1. The van der Waals surface area contributed by atoms with E-state index < -0.39 is 0 Å². The van der Waals surface area contributed by atoms with Gasteiger partial charge in [0.05, 0.1) is 19.2 Å². The van der Waals surface area contributed by atoms with E-state index >= 15 is 0 Å². The van der Waals surface area contributed by atoms with Crippen LogP contribution >= 0.6 is 23.2 Å². The van der Waals surface area contributed by atoms with Crippen LogP contribution in [0, 0.1) is 0 Å². The molecule has 1 aliphatic rings. The zero-order chi connectivity index (χ0) is 18.5. The molecule has 0 saturated carbocycles. The molecule has 0 aliphatic carbocycles. The van der Waals surface area contributed by atoms with Crippen molar-refractivity contribution in [2.75, 3.05) is 13.2 Å². The summed E-state index contributed by atoms with van der Waals surface area (Å²) in [5.41, 5.74) is 0.961. The van der Waals surface area contributed by atoms with Gasteiger partial charge in [-0.3, -0.25) is 4.79 Å². The summed E-state index contributed by atoms with van der Waals surface area (Å²) in [7, 11) is 0. The lowest BCUT2D eigenvalue weighted by Gasteiger charge is -2.25. The van der Waals surface area contributed by atoms with Gasteiger partial charge < -0.3 is 14.2 Å². The molecule has 26 heavy (non-hydrogen) atoms. The molecular formula is C19H23Cl2N3O2.